The molecule has 2 fully saturated rings. The average Bonchev–Trinajstić information content (AvgIpc) is 3.15. The normalized spacial score (nSPS) is 26.3. The maximum absolute atomic E-state index is 14.0. The summed E-state index contributed by atoms with van der Waals surface area (Å²) in [5, 5.41) is 3.23. The number of para-hydroxylation sites is 1. The maximum atomic E-state index is 14.0. The third kappa shape index (κ3) is 4.53. The van der Waals surface area contributed by atoms with E-state index >= 15 is 0 Å². The Kier molecular flexibility index (Phi) is 6.19. The van der Waals surface area contributed by atoms with Crippen LogP contribution in [0.2, 0.25) is 0 Å². The van der Waals surface area contributed by atoms with Crippen molar-refractivity contribution in [3.05, 3.63) is 65.7 Å². The predicted octanol–water partition coefficient (Wildman–Crippen LogP) is 1.99. The first-order valence-electron chi connectivity index (χ1n) is 11.8. The van der Waals surface area contributed by atoms with Crippen LogP contribution in [-0.4, -0.2) is 79.6 Å². The summed E-state index contributed by atoms with van der Waals surface area (Å²) in [6.07, 6.45) is 0. The van der Waals surface area contributed by atoms with Crippen molar-refractivity contribution in [2.45, 2.75) is 19.0 Å². The summed E-state index contributed by atoms with van der Waals surface area (Å²) in [4.78, 5) is 33.8. The van der Waals surface area contributed by atoms with E-state index in [1.165, 1.54) is 5.56 Å². The summed E-state index contributed by atoms with van der Waals surface area (Å²) in [5.74, 6) is -0.319. The number of carbonyl (C=O) groups excluding carboxylic acids is 2. The lowest BCUT2D eigenvalue weighted by Crippen LogP contribution is -2.59. The van der Waals surface area contributed by atoms with Crippen molar-refractivity contribution in [1.82, 2.24) is 15.1 Å². The molecule has 3 aliphatic rings. The van der Waals surface area contributed by atoms with Crippen LogP contribution in [-0.2, 0) is 16.1 Å². The van der Waals surface area contributed by atoms with E-state index in [4.69, 9.17) is 4.74 Å². The molecule has 7 nitrogen and oxygen atoms in total. The molecular weight excluding hydrogens is 416 g/mol. The molecule has 0 bridgehead atoms. The standard InChI is InChI=1S/C26H32N4O3/c1-26-19-29(17-20-7-3-2-4-8-20)18-22(26)25(32)30(12-11-28-13-15-33-16-14-28)23-10-6-5-9-21(23)24(31)27-26/h2-10,22H,11-19H2,1H3,(H,27,31)/t22-,26-/m0/s1. The smallest absolute Gasteiger partial charge is 0.253 e. The molecule has 0 aliphatic carbocycles. The molecule has 2 amide bonds. The quantitative estimate of drug-likeness (QED) is 0.758. The summed E-state index contributed by atoms with van der Waals surface area (Å²) in [7, 11) is 0. The Labute approximate surface area is 195 Å². The summed E-state index contributed by atoms with van der Waals surface area (Å²) >= 11 is 0. The fourth-order valence-corrected chi connectivity index (χ4v) is 5.37. The second kappa shape index (κ2) is 9.25. The van der Waals surface area contributed by atoms with Gasteiger partial charge in [-0.3, -0.25) is 19.4 Å². The summed E-state index contributed by atoms with van der Waals surface area (Å²) in [6.45, 7) is 8.57. The number of fused-ring (bicyclic) bond motifs is 2. The van der Waals surface area contributed by atoms with Crippen LogP contribution in [0.4, 0.5) is 5.69 Å². The van der Waals surface area contributed by atoms with Crippen molar-refractivity contribution in [1.29, 1.82) is 0 Å². The van der Waals surface area contributed by atoms with E-state index in [0.29, 0.717) is 30.9 Å². The van der Waals surface area contributed by atoms with Crippen molar-refractivity contribution in [2.75, 3.05) is 57.4 Å². The van der Waals surface area contributed by atoms with Crippen molar-refractivity contribution < 1.29 is 14.3 Å². The zero-order chi connectivity index (χ0) is 22.8. The minimum Gasteiger partial charge on any atom is -0.379 e. The number of morpholine rings is 1. The fourth-order valence-electron chi connectivity index (χ4n) is 5.37. The van der Waals surface area contributed by atoms with Crippen molar-refractivity contribution in [3.63, 3.8) is 0 Å². The first-order valence-corrected chi connectivity index (χ1v) is 11.8. The number of likely N-dealkylation sites (tertiary alicyclic amines) is 1. The Morgan fingerprint density at radius 3 is 2.48 bits per heavy atom. The Balaban J connectivity index is 1.43. The van der Waals surface area contributed by atoms with Crippen LogP contribution >= 0.6 is 0 Å². The molecule has 2 aromatic rings. The van der Waals surface area contributed by atoms with Crippen LogP contribution < -0.4 is 10.2 Å². The molecule has 3 heterocycles. The average molecular weight is 449 g/mol. The lowest BCUT2D eigenvalue weighted by atomic mass is 9.86. The lowest BCUT2D eigenvalue weighted by molar-refractivity contribution is -0.123. The lowest BCUT2D eigenvalue weighted by Gasteiger charge is -2.39. The molecule has 0 spiro atoms. The number of rotatable bonds is 5. The molecule has 2 saturated heterocycles. The van der Waals surface area contributed by atoms with Crippen LogP contribution in [0.25, 0.3) is 0 Å². The van der Waals surface area contributed by atoms with Gasteiger partial charge in [0.25, 0.3) is 5.91 Å². The van der Waals surface area contributed by atoms with Gasteiger partial charge in [-0.2, -0.15) is 0 Å². The molecule has 2 atom stereocenters. The van der Waals surface area contributed by atoms with Gasteiger partial charge in [0.1, 0.15) is 0 Å². The molecule has 1 N–H and O–H groups in total. The molecule has 5 rings (SSSR count). The SMILES string of the molecule is C[C@]12CN(Cc3ccccc3)C[C@H]1C(=O)N(CCN1CCOCC1)c1ccccc1C(=O)N2. The third-order valence-electron chi connectivity index (χ3n) is 7.16. The first kappa shape index (κ1) is 22.1. The molecule has 2 aromatic carbocycles. The number of anilines is 1. The van der Waals surface area contributed by atoms with Gasteiger partial charge in [-0.1, -0.05) is 42.5 Å². The predicted molar refractivity (Wildman–Crippen MR) is 127 cm³/mol. The van der Waals surface area contributed by atoms with E-state index in [9.17, 15) is 9.59 Å². The molecular formula is C26H32N4O3. The molecule has 0 aromatic heterocycles. The molecule has 0 unspecified atom stereocenters. The minimum absolute atomic E-state index is 0.0915. The molecule has 0 saturated carbocycles. The summed E-state index contributed by atoms with van der Waals surface area (Å²) < 4.78 is 5.47. The van der Waals surface area contributed by atoms with Crippen molar-refractivity contribution in [3.8, 4) is 0 Å². The van der Waals surface area contributed by atoms with E-state index in [2.05, 4.69) is 27.2 Å². The largest absolute Gasteiger partial charge is 0.379 e. The van der Waals surface area contributed by atoms with Crippen LogP contribution in [0.3, 0.4) is 0 Å². The number of carbonyl (C=O) groups is 2. The topological polar surface area (TPSA) is 65.1 Å². The number of nitrogens with one attached hydrogen (secondary N) is 1. The van der Waals surface area contributed by atoms with Gasteiger partial charge < -0.3 is 15.0 Å². The Morgan fingerprint density at radius 1 is 0.970 bits per heavy atom. The van der Waals surface area contributed by atoms with E-state index in [0.717, 1.165) is 39.4 Å². The zero-order valence-corrected chi connectivity index (χ0v) is 19.2. The third-order valence-corrected chi connectivity index (χ3v) is 7.16. The molecule has 3 aliphatic heterocycles. The number of nitrogens with zero attached hydrogens (tertiary/aromatic N) is 3. The van der Waals surface area contributed by atoms with Gasteiger partial charge >= 0.3 is 0 Å². The Morgan fingerprint density at radius 2 is 1.70 bits per heavy atom. The molecule has 0 radical (unpaired) electrons. The second-order valence-corrected chi connectivity index (χ2v) is 9.54. The van der Waals surface area contributed by atoms with Crippen molar-refractivity contribution >= 4 is 17.5 Å². The second-order valence-electron chi connectivity index (χ2n) is 9.54. The highest BCUT2D eigenvalue weighted by atomic mass is 16.5. The van der Waals surface area contributed by atoms with Gasteiger partial charge in [-0.05, 0) is 24.6 Å². The molecule has 174 valence electrons. The summed E-state index contributed by atoms with van der Waals surface area (Å²) in [6, 6.07) is 17.8. The van der Waals surface area contributed by atoms with Gasteiger partial charge in [0.2, 0.25) is 5.91 Å². The highest BCUT2D eigenvalue weighted by molar-refractivity contribution is 6.07. The van der Waals surface area contributed by atoms with E-state index in [1.54, 1.807) is 0 Å². The fraction of sp³-hybridized carbons (Fsp3) is 0.462. The first-order chi connectivity index (χ1) is 16.0. The van der Waals surface area contributed by atoms with Gasteiger partial charge in [-0.25, -0.2) is 0 Å². The Hall–Kier alpha value is -2.74. The van der Waals surface area contributed by atoms with E-state index in [-0.39, 0.29) is 17.7 Å². The van der Waals surface area contributed by atoms with Crippen LogP contribution in [0, 0.1) is 5.92 Å². The Bertz CT molecular complexity index is 1010. The van der Waals surface area contributed by atoms with Gasteiger partial charge in [0.15, 0.2) is 0 Å². The number of hydrogen-bond donors (Lipinski definition) is 1. The van der Waals surface area contributed by atoms with Gasteiger partial charge in [0.05, 0.1) is 35.9 Å². The van der Waals surface area contributed by atoms with Crippen LogP contribution in [0.5, 0.6) is 0 Å². The monoisotopic (exact) mass is 448 g/mol. The van der Waals surface area contributed by atoms with Gasteiger partial charge in [0, 0.05) is 45.8 Å². The molecule has 33 heavy (non-hydrogen) atoms. The maximum Gasteiger partial charge on any atom is 0.253 e. The van der Waals surface area contributed by atoms with E-state index < -0.39 is 5.54 Å². The highest BCUT2D eigenvalue weighted by Crippen LogP contribution is 2.35. The van der Waals surface area contributed by atoms with Crippen LogP contribution in [0.15, 0.2) is 54.6 Å². The highest BCUT2D eigenvalue weighted by Gasteiger charge is 2.50. The number of amides is 2. The molecule has 7 heteroatoms. The minimum atomic E-state index is -0.617. The number of hydrogen-bond acceptors (Lipinski definition) is 5. The number of benzene rings is 2. The zero-order valence-electron chi connectivity index (χ0n) is 19.2. The van der Waals surface area contributed by atoms with Crippen molar-refractivity contribution in [2.24, 2.45) is 5.92 Å². The summed E-state index contributed by atoms with van der Waals surface area (Å²) in [5.41, 5.74) is 1.86. The number of ether oxygens (including phenoxy) is 1. The van der Waals surface area contributed by atoms with Gasteiger partial charge in [-0.15, -0.1) is 0 Å². The van der Waals surface area contributed by atoms with E-state index in [1.807, 2.05) is 54.3 Å². The van der Waals surface area contributed by atoms with Crippen LogP contribution in [0.1, 0.15) is 22.8 Å².